The van der Waals surface area contributed by atoms with Crippen LogP contribution in [0.2, 0.25) is 0 Å². The predicted molar refractivity (Wildman–Crippen MR) is 91.4 cm³/mol. The Morgan fingerprint density at radius 2 is 2.05 bits per heavy atom. The van der Waals surface area contributed by atoms with Crippen LogP contribution in [-0.2, 0) is 4.74 Å². The Labute approximate surface area is 134 Å². The lowest BCUT2D eigenvalue weighted by Crippen LogP contribution is -2.49. The van der Waals surface area contributed by atoms with Gasteiger partial charge in [0.05, 0.1) is 18.8 Å². The number of hydrogen-bond acceptors (Lipinski definition) is 4. The molecule has 1 aliphatic rings. The van der Waals surface area contributed by atoms with Gasteiger partial charge in [0.2, 0.25) is 0 Å². The fraction of sp³-hybridized carbons (Fsp3) is 0.667. The van der Waals surface area contributed by atoms with Crippen molar-refractivity contribution < 1.29 is 9.84 Å². The molecule has 0 bridgehead atoms. The highest BCUT2D eigenvalue weighted by Crippen LogP contribution is 2.21. The Morgan fingerprint density at radius 3 is 2.73 bits per heavy atom. The summed E-state index contributed by atoms with van der Waals surface area (Å²) in [6, 6.07) is 11.1. The molecule has 1 saturated heterocycles. The molecule has 0 radical (unpaired) electrons. The summed E-state index contributed by atoms with van der Waals surface area (Å²) in [5.41, 5.74) is 1.30. The largest absolute Gasteiger partial charge is 0.389 e. The second-order valence-electron chi connectivity index (χ2n) is 6.55. The van der Waals surface area contributed by atoms with Gasteiger partial charge in [-0.2, -0.15) is 0 Å². The Morgan fingerprint density at radius 1 is 1.32 bits per heavy atom. The lowest BCUT2D eigenvalue weighted by atomic mass is 10.0. The molecule has 0 aromatic heterocycles. The molecule has 2 rings (SSSR count). The minimum atomic E-state index is -0.417. The van der Waals surface area contributed by atoms with E-state index in [0.29, 0.717) is 19.2 Å². The molecule has 0 spiro atoms. The van der Waals surface area contributed by atoms with Crippen LogP contribution in [0.4, 0.5) is 5.69 Å². The van der Waals surface area contributed by atoms with Gasteiger partial charge in [-0.05, 0) is 45.9 Å². The summed E-state index contributed by atoms with van der Waals surface area (Å²) in [6.07, 6.45) is 2.14. The monoisotopic (exact) mass is 306 g/mol. The summed E-state index contributed by atoms with van der Waals surface area (Å²) in [6.45, 7) is 7.22. The highest BCUT2D eigenvalue weighted by atomic mass is 16.5. The smallest absolute Gasteiger partial charge is 0.0900 e. The van der Waals surface area contributed by atoms with Crippen molar-refractivity contribution in [2.45, 2.75) is 44.9 Å². The number of likely N-dealkylation sites (N-methyl/N-ethyl adjacent to an activating group) is 1. The van der Waals surface area contributed by atoms with Gasteiger partial charge in [-0.15, -0.1) is 0 Å². The zero-order chi connectivity index (χ0) is 15.9. The molecule has 4 nitrogen and oxygen atoms in total. The Kier molecular flexibility index (Phi) is 6.68. The summed E-state index contributed by atoms with van der Waals surface area (Å²) >= 11 is 0. The predicted octanol–water partition coefficient (Wildman–Crippen LogP) is 2.37. The molecule has 1 aliphatic heterocycles. The van der Waals surface area contributed by atoms with Gasteiger partial charge in [-0.1, -0.05) is 18.2 Å². The van der Waals surface area contributed by atoms with E-state index in [1.807, 2.05) is 13.8 Å². The molecule has 4 heteroatoms. The van der Waals surface area contributed by atoms with Crippen LogP contribution < -0.4 is 4.90 Å². The van der Waals surface area contributed by atoms with Crippen molar-refractivity contribution in [1.29, 1.82) is 0 Å². The van der Waals surface area contributed by atoms with E-state index >= 15 is 0 Å². The normalized spacial score (nSPS) is 20.6. The molecule has 1 heterocycles. The maximum Gasteiger partial charge on any atom is 0.0900 e. The molecule has 124 valence electrons. The van der Waals surface area contributed by atoms with Gasteiger partial charge in [0.1, 0.15) is 0 Å². The molecular formula is C18H30N2O2. The lowest BCUT2D eigenvalue weighted by molar-refractivity contribution is -0.0108. The molecule has 1 fully saturated rings. The van der Waals surface area contributed by atoms with E-state index in [2.05, 4.69) is 47.2 Å². The van der Waals surface area contributed by atoms with E-state index < -0.39 is 6.10 Å². The van der Waals surface area contributed by atoms with Crippen LogP contribution in [-0.4, -0.2) is 61.5 Å². The Hall–Kier alpha value is -1.10. The summed E-state index contributed by atoms with van der Waals surface area (Å²) in [5, 5.41) is 10.1. The van der Waals surface area contributed by atoms with Crippen LogP contribution in [0.1, 0.15) is 26.7 Å². The van der Waals surface area contributed by atoms with E-state index in [9.17, 15) is 5.11 Å². The minimum Gasteiger partial charge on any atom is -0.389 e. The number of aliphatic hydroxyl groups excluding tert-OH is 1. The molecule has 0 saturated carbocycles. The fourth-order valence-electron chi connectivity index (χ4n) is 3.03. The van der Waals surface area contributed by atoms with Gasteiger partial charge in [0.15, 0.2) is 0 Å². The number of anilines is 1. The SMILES string of the molecule is CC(C)OC[C@H](O)CN(C)[C@H]1CCCN(c2ccccc2)C1. The van der Waals surface area contributed by atoms with E-state index in [1.54, 1.807) is 0 Å². The van der Waals surface area contributed by atoms with Crippen LogP contribution in [0.15, 0.2) is 30.3 Å². The molecule has 1 N–H and O–H groups in total. The number of hydrogen-bond donors (Lipinski definition) is 1. The third-order valence-electron chi connectivity index (χ3n) is 4.26. The number of nitrogens with zero attached hydrogens (tertiary/aromatic N) is 2. The van der Waals surface area contributed by atoms with Gasteiger partial charge in [0.25, 0.3) is 0 Å². The average molecular weight is 306 g/mol. The highest BCUT2D eigenvalue weighted by Gasteiger charge is 2.24. The zero-order valence-corrected chi connectivity index (χ0v) is 14.1. The molecule has 2 atom stereocenters. The van der Waals surface area contributed by atoms with Crippen molar-refractivity contribution in [3.05, 3.63) is 30.3 Å². The highest BCUT2D eigenvalue weighted by molar-refractivity contribution is 5.46. The first-order chi connectivity index (χ1) is 10.6. The lowest BCUT2D eigenvalue weighted by Gasteiger charge is -2.39. The quantitative estimate of drug-likeness (QED) is 0.839. The van der Waals surface area contributed by atoms with Crippen molar-refractivity contribution in [3.8, 4) is 0 Å². The number of para-hydroxylation sites is 1. The van der Waals surface area contributed by atoms with Crippen LogP contribution in [0, 0.1) is 0 Å². The maximum atomic E-state index is 10.1. The molecule has 1 aromatic carbocycles. The first kappa shape index (κ1) is 17.3. The van der Waals surface area contributed by atoms with Crippen molar-refractivity contribution in [2.24, 2.45) is 0 Å². The zero-order valence-electron chi connectivity index (χ0n) is 14.1. The van der Waals surface area contributed by atoms with Crippen molar-refractivity contribution in [3.63, 3.8) is 0 Å². The third-order valence-corrected chi connectivity index (χ3v) is 4.26. The standard InChI is InChI=1S/C18H30N2O2/c1-15(2)22-14-18(21)13-19(3)17-10-7-11-20(12-17)16-8-5-4-6-9-16/h4-6,8-9,15,17-18,21H,7,10-14H2,1-3H3/t17-,18+/m0/s1. The van der Waals surface area contributed by atoms with E-state index in [0.717, 1.165) is 13.1 Å². The minimum absolute atomic E-state index is 0.170. The van der Waals surface area contributed by atoms with Crippen LogP contribution in [0.5, 0.6) is 0 Å². The van der Waals surface area contributed by atoms with Crippen LogP contribution in [0.3, 0.4) is 0 Å². The summed E-state index contributed by atoms with van der Waals surface area (Å²) in [5.74, 6) is 0. The van der Waals surface area contributed by atoms with Crippen molar-refractivity contribution in [2.75, 3.05) is 38.2 Å². The number of aliphatic hydroxyl groups is 1. The van der Waals surface area contributed by atoms with Crippen LogP contribution >= 0.6 is 0 Å². The molecule has 0 unspecified atom stereocenters. The summed E-state index contributed by atoms with van der Waals surface area (Å²) < 4.78 is 5.50. The summed E-state index contributed by atoms with van der Waals surface area (Å²) in [7, 11) is 2.11. The molecule has 0 aliphatic carbocycles. The first-order valence-corrected chi connectivity index (χ1v) is 8.36. The van der Waals surface area contributed by atoms with E-state index in [4.69, 9.17) is 4.74 Å². The Balaban J connectivity index is 1.83. The molecular weight excluding hydrogens is 276 g/mol. The molecule has 1 aromatic rings. The summed E-state index contributed by atoms with van der Waals surface area (Å²) in [4.78, 5) is 4.73. The molecule has 22 heavy (non-hydrogen) atoms. The van der Waals surface area contributed by atoms with E-state index in [1.165, 1.54) is 18.5 Å². The number of benzene rings is 1. The fourth-order valence-corrected chi connectivity index (χ4v) is 3.03. The van der Waals surface area contributed by atoms with Gasteiger partial charge in [-0.25, -0.2) is 0 Å². The van der Waals surface area contributed by atoms with Gasteiger partial charge < -0.3 is 14.7 Å². The molecule has 0 amide bonds. The van der Waals surface area contributed by atoms with Crippen molar-refractivity contribution in [1.82, 2.24) is 4.90 Å². The third kappa shape index (κ3) is 5.27. The number of rotatable bonds is 7. The second-order valence-corrected chi connectivity index (χ2v) is 6.55. The first-order valence-electron chi connectivity index (χ1n) is 8.36. The number of ether oxygens (including phenoxy) is 1. The van der Waals surface area contributed by atoms with Crippen molar-refractivity contribution >= 4 is 5.69 Å². The maximum absolute atomic E-state index is 10.1. The Bertz CT molecular complexity index is 424. The van der Waals surface area contributed by atoms with Crippen LogP contribution in [0.25, 0.3) is 0 Å². The van der Waals surface area contributed by atoms with Gasteiger partial charge in [0, 0.05) is 31.4 Å². The average Bonchev–Trinajstić information content (AvgIpc) is 2.54. The van der Waals surface area contributed by atoms with E-state index in [-0.39, 0.29) is 6.10 Å². The number of piperidine rings is 1. The topological polar surface area (TPSA) is 35.9 Å². The van der Waals surface area contributed by atoms with Gasteiger partial charge in [-0.3, -0.25) is 4.90 Å². The van der Waals surface area contributed by atoms with Gasteiger partial charge >= 0.3 is 0 Å². The second kappa shape index (κ2) is 8.51.